The number of nitrogens with one attached hydrogen (secondary N) is 2. The van der Waals surface area contributed by atoms with E-state index < -0.39 is 11.9 Å². The lowest BCUT2D eigenvalue weighted by Crippen LogP contribution is -3.14. The molecule has 3 aliphatic rings. The van der Waals surface area contributed by atoms with E-state index in [0.29, 0.717) is 6.54 Å². The normalized spacial score (nSPS) is 34.7. The van der Waals surface area contributed by atoms with Crippen molar-refractivity contribution in [2.75, 3.05) is 39.4 Å². The molecule has 2 saturated carbocycles. The van der Waals surface area contributed by atoms with E-state index in [1.165, 1.54) is 4.90 Å². The average molecular weight is 310 g/mol. The van der Waals surface area contributed by atoms with Crippen LogP contribution in [0.2, 0.25) is 0 Å². The Hall–Kier alpha value is -1.14. The highest BCUT2D eigenvalue weighted by Crippen LogP contribution is 2.52. The van der Waals surface area contributed by atoms with Crippen molar-refractivity contribution in [3.8, 4) is 0 Å². The lowest BCUT2D eigenvalue weighted by atomic mass is 9.78. The fourth-order valence-electron chi connectivity index (χ4n) is 4.59. The lowest BCUT2D eigenvalue weighted by Gasteiger charge is -2.30. The quantitative estimate of drug-likeness (QED) is 0.547. The first kappa shape index (κ1) is 15.7. The number of amides is 1. The number of aliphatic carboxylic acids is 1. The minimum absolute atomic E-state index is 0.0709. The van der Waals surface area contributed by atoms with E-state index in [-0.39, 0.29) is 23.7 Å². The molecule has 4 atom stereocenters. The van der Waals surface area contributed by atoms with Crippen molar-refractivity contribution in [2.45, 2.75) is 25.7 Å². The molecule has 0 radical (unpaired) electrons. The average Bonchev–Trinajstić information content (AvgIpc) is 3.13. The van der Waals surface area contributed by atoms with E-state index in [9.17, 15) is 14.7 Å². The highest BCUT2D eigenvalue weighted by Gasteiger charge is 2.51. The van der Waals surface area contributed by atoms with Crippen molar-refractivity contribution >= 4 is 11.9 Å². The molecule has 0 unspecified atom stereocenters. The number of ether oxygens (including phenoxy) is 1. The summed E-state index contributed by atoms with van der Waals surface area (Å²) >= 11 is 0. The molecule has 0 aromatic carbocycles. The molecule has 0 aromatic rings. The Bertz CT molecular complexity index is 422. The standard InChI is InChI=1S/C16H26N2O4/c19-15(17-4-1-5-18-6-8-22-9-7-18)13-11-2-3-12(10-11)14(13)16(20)21/h11-14H,1-10H2,(H,17,19)(H,20,21)/t11-,12-,13-,14+/m0/s1. The van der Waals surface area contributed by atoms with Gasteiger partial charge in [0.05, 0.1) is 19.8 Å². The lowest BCUT2D eigenvalue weighted by molar-refractivity contribution is -0.908. The second-order valence-corrected chi connectivity index (χ2v) is 6.96. The number of quaternary nitrogens is 1. The summed E-state index contributed by atoms with van der Waals surface area (Å²) in [4.78, 5) is 25.2. The van der Waals surface area contributed by atoms with Crippen molar-refractivity contribution in [3.63, 3.8) is 0 Å². The maximum Gasteiger partial charge on any atom is 0.224 e. The number of carbonyl (C=O) groups is 2. The van der Waals surface area contributed by atoms with Crippen LogP contribution in [0.1, 0.15) is 25.7 Å². The first-order valence-corrected chi connectivity index (χ1v) is 8.56. The highest BCUT2D eigenvalue weighted by atomic mass is 16.5. The van der Waals surface area contributed by atoms with Gasteiger partial charge in [0.2, 0.25) is 5.91 Å². The Morgan fingerprint density at radius 2 is 1.82 bits per heavy atom. The second kappa shape index (κ2) is 6.96. The molecular weight excluding hydrogens is 284 g/mol. The molecule has 2 N–H and O–H groups in total. The van der Waals surface area contributed by atoms with Gasteiger partial charge in [0.1, 0.15) is 13.1 Å². The van der Waals surface area contributed by atoms with E-state index in [4.69, 9.17) is 4.74 Å². The predicted molar refractivity (Wildman–Crippen MR) is 76.8 cm³/mol. The van der Waals surface area contributed by atoms with Gasteiger partial charge in [0.25, 0.3) is 0 Å². The summed E-state index contributed by atoms with van der Waals surface area (Å²) in [6.45, 7) is 5.38. The molecule has 1 amide bonds. The largest absolute Gasteiger partial charge is 0.550 e. The van der Waals surface area contributed by atoms with E-state index in [1.54, 1.807) is 0 Å². The van der Waals surface area contributed by atoms with Crippen LogP contribution in [0.3, 0.4) is 0 Å². The van der Waals surface area contributed by atoms with Gasteiger partial charge in [-0.25, -0.2) is 0 Å². The molecule has 1 aliphatic heterocycles. The molecule has 3 fully saturated rings. The summed E-state index contributed by atoms with van der Waals surface area (Å²) in [5.74, 6) is -1.63. The third-order valence-electron chi connectivity index (χ3n) is 5.70. The summed E-state index contributed by atoms with van der Waals surface area (Å²) in [5, 5.41) is 14.3. The van der Waals surface area contributed by atoms with Gasteiger partial charge >= 0.3 is 0 Å². The van der Waals surface area contributed by atoms with Crippen molar-refractivity contribution in [1.29, 1.82) is 0 Å². The van der Waals surface area contributed by atoms with Gasteiger partial charge in [-0.1, -0.05) is 0 Å². The van der Waals surface area contributed by atoms with Crippen molar-refractivity contribution < 1.29 is 24.3 Å². The minimum Gasteiger partial charge on any atom is -0.550 e. The Morgan fingerprint density at radius 3 is 2.50 bits per heavy atom. The number of morpholine rings is 1. The number of rotatable bonds is 6. The van der Waals surface area contributed by atoms with Crippen LogP contribution in [0.15, 0.2) is 0 Å². The van der Waals surface area contributed by atoms with Crippen LogP contribution >= 0.6 is 0 Å². The number of carboxylic acids is 1. The Morgan fingerprint density at radius 1 is 1.14 bits per heavy atom. The zero-order valence-electron chi connectivity index (χ0n) is 13.0. The van der Waals surface area contributed by atoms with Gasteiger partial charge in [-0.15, -0.1) is 0 Å². The van der Waals surface area contributed by atoms with Gasteiger partial charge in [-0.05, 0) is 31.1 Å². The monoisotopic (exact) mass is 310 g/mol. The molecule has 124 valence electrons. The van der Waals surface area contributed by atoms with Gasteiger partial charge < -0.3 is 24.9 Å². The van der Waals surface area contributed by atoms with E-state index in [2.05, 4.69) is 5.32 Å². The smallest absolute Gasteiger partial charge is 0.224 e. The third-order valence-corrected chi connectivity index (χ3v) is 5.70. The number of carboxylic acid groups (broad SMARTS) is 1. The van der Waals surface area contributed by atoms with Crippen molar-refractivity contribution in [2.24, 2.45) is 23.7 Å². The first-order chi connectivity index (χ1) is 10.7. The molecule has 22 heavy (non-hydrogen) atoms. The summed E-state index contributed by atoms with van der Waals surface area (Å²) in [6.07, 6.45) is 3.74. The van der Waals surface area contributed by atoms with Crippen LogP contribution in [0, 0.1) is 23.7 Å². The zero-order valence-corrected chi connectivity index (χ0v) is 13.0. The summed E-state index contributed by atoms with van der Waals surface area (Å²) in [5.41, 5.74) is 0. The Balaban J connectivity index is 1.42. The fourth-order valence-corrected chi connectivity index (χ4v) is 4.59. The molecule has 6 heteroatoms. The SMILES string of the molecule is O=C([O-])[C@@H]1[C@H]2CC[C@@H](C2)[C@@H]1C(=O)NCCC[NH+]1CCOCC1. The zero-order chi connectivity index (χ0) is 15.5. The number of fused-ring (bicyclic) bond motifs is 2. The molecule has 2 bridgehead atoms. The number of carbonyl (C=O) groups excluding carboxylic acids is 2. The number of hydrogen-bond acceptors (Lipinski definition) is 4. The first-order valence-electron chi connectivity index (χ1n) is 8.56. The molecule has 1 heterocycles. The summed E-state index contributed by atoms with van der Waals surface area (Å²) < 4.78 is 5.32. The van der Waals surface area contributed by atoms with Gasteiger partial charge in [-0.2, -0.15) is 0 Å². The van der Waals surface area contributed by atoms with Gasteiger partial charge in [0.15, 0.2) is 0 Å². The number of hydrogen-bond donors (Lipinski definition) is 2. The van der Waals surface area contributed by atoms with Gasteiger partial charge in [0, 0.05) is 30.8 Å². The van der Waals surface area contributed by atoms with E-state index in [0.717, 1.165) is 58.5 Å². The van der Waals surface area contributed by atoms with Crippen molar-refractivity contribution in [1.82, 2.24) is 5.32 Å². The maximum atomic E-state index is 12.4. The highest BCUT2D eigenvalue weighted by molar-refractivity contribution is 5.85. The molecule has 0 spiro atoms. The predicted octanol–water partition coefficient (Wildman–Crippen LogP) is -2.18. The topological polar surface area (TPSA) is 82.9 Å². The molecule has 6 nitrogen and oxygen atoms in total. The van der Waals surface area contributed by atoms with Crippen LogP contribution in [0.25, 0.3) is 0 Å². The van der Waals surface area contributed by atoms with Crippen LogP contribution in [-0.2, 0) is 14.3 Å². The van der Waals surface area contributed by atoms with E-state index >= 15 is 0 Å². The Kier molecular flexibility index (Phi) is 4.98. The molecule has 1 saturated heterocycles. The summed E-state index contributed by atoms with van der Waals surface area (Å²) in [7, 11) is 0. The van der Waals surface area contributed by atoms with Crippen LogP contribution in [0.5, 0.6) is 0 Å². The van der Waals surface area contributed by atoms with Crippen LogP contribution < -0.4 is 15.3 Å². The minimum atomic E-state index is -1.04. The fraction of sp³-hybridized carbons (Fsp3) is 0.875. The molecule has 3 rings (SSSR count). The Labute approximate surface area is 131 Å². The van der Waals surface area contributed by atoms with E-state index in [1.807, 2.05) is 0 Å². The van der Waals surface area contributed by atoms with Crippen molar-refractivity contribution in [3.05, 3.63) is 0 Å². The maximum absolute atomic E-state index is 12.4. The third kappa shape index (κ3) is 3.27. The van der Waals surface area contributed by atoms with Gasteiger partial charge in [-0.3, -0.25) is 4.79 Å². The molecule has 0 aromatic heterocycles. The summed E-state index contributed by atoms with van der Waals surface area (Å²) in [6, 6.07) is 0. The molecule has 2 aliphatic carbocycles. The van der Waals surface area contributed by atoms with Crippen LogP contribution in [-0.4, -0.2) is 51.3 Å². The second-order valence-electron chi connectivity index (χ2n) is 6.96. The molecular formula is C16H26N2O4. The van der Waals surface area contributed by atoms with Crippen LogP contribution in [0.4, 0.5) is 0 Å².